The summed E-state index contributed by atoms with van der Waals surface area (Å²) >= 11 is 1.55. The highest BCUT2D eigenvalue weighted by atomic mass is 32.2. The first-order valence-corrected chi connectivity index (χ1v) is 10.7. The van der Waals surface area contributed by atoms with Gasteiger partial charge >= 0.3 is 5.97 Å². The van der Waals surface area contributed by atoms with Gasteiger partial charge < -0.3 is 14.8 Å². The molecule has 8 heteroatoms. The van der Waals surface area contributed by atoms with Crippen molar-refractivity contribution in [1.82, 2.24) is 10.2 Å². The van der Waals surface area contributed by atoms with Gasteiger partial charge in [0.2, 0.25) is 5.91 Å². The molecule has 0 aliphatic carbocycles. The molecule has 1 fully saturated rings. The number of benzene rings is 1. The summed E-state index contributed by atoms with van der Waals surface area (Å²) in [5.74, 6) is 0.489. The zero-order chi connectivity index (χ0) is 21.0. The number of hydrogen-bond acceptors (Lipinski definition) is 6. The quantitative estimate of drug-likeness (QED) is 0.515. The monoisotopic (exact) mass is 418 g/mol. The van der Waals surface area contributed by atoms with Crippen molar-refractivity contribution >= 4 is 29.5 Å². The van der Waals surface area contributed by atoms with Crippen molar-refractivity contribution in [3.8, 4) is 5.75 Å². The van der Waals surface area contributed by atoms with Gasteiger partial charge in [0.1, 0.15) is 22.9 Å². The van der Waals surface area contributed by atoms with Crippen molar-refractivity contribution in [2.24, 2.45) is 0 Å². The maximum atomic E-state index is 12.7. The van der Waals surface area contributed by atoms with Gasteiger partial charge in [-0.1, -0.05) is 19.1 Å². The Bertz CT molecular complexity index is 821. The fourth-order valence-electron chi connectivity index (χ4n) is 3.32. The molecule has 7 nitrogen and oxygen atoms in total. The van der Waals surface area contributed by atoms with E-state index in [0.29, 0.717) is 24.5 Å². The van der Waals surface area contributed by atoms with Crippen LogP contribution in [0, 0.1) is 0 Å². The fraction of sp³-hybridized carbons (Fsp3) is 0.476. The van der Waals surface area contributed by atoms with Crippen molar-refractivity contribution < 1.29 is 23.9 Å². The molecule has 1 N–H and O–H groups in total. The number of thioether (sulfide) groups is 1. The van der Waals surface area contributed by atoms with Crippen molar-refractivity contribution in [2.75, 3.05) is 19.5 Å². The summed E-state index contributed by atoms with van der Waals surface area (Å²) in [6.45, 7) is 4.07. The van der Waals surface area contributed by atoms with Crippen LogP contribution in [-0.4, -0.2) is 53.6 Å². The van der Waals surface area contributed by atoms with Gasteiger partial charge in [-0.2, -0.15) is 0 Å². The van der Waals surface area contributed by atoms with E-state index in [4.69, 9.17) is 9.47 Å². The SMILES string of the molecule is CCCOC(=O)C1=C(C)CS[C@@H]2[C@H](NC(=O)CCc3ccc(OC)cc3)C(=O)N12. The number of nitrogens with zero attached hydrogens (tertiary/aromatic N) is 1. The lowest BCUT2D eigenvalue weighted by atomic mass is 10.0. The number of hydrogen-bond donors (Lipinski definition) is 1. The van der Waals surface area contributed by atoms with Gasteiger partial charge in [0.15, 0.2) is 0 Å². The van der Waals surface area contributed by atoms with E-state index in [1.807, 2.05) is 38.1 Å². The van der Waals surface area contributed by atoms with Gasteiger partial charge in [-0.15, -0.1) is 11.8 Å². The molecule has 1 aromatic carbocycles. The van der Waals surface area contributed by atoms with E-state index in [0.717, 1.165) is 23.3 Å². The minimum Gasteiger partial charge on any atom is -0.497 e. The molecule has 3 rings (SSSR count). The zero-order valence-corrected chi connectivity index (χ0v) is 17.7. The van der Waals surface area contributed by atoms with Crippen LogP contribution >= 0.6 is 11.8 Å². The molecule has 2 atom stereocenters. The van der Waals surface area contributed by atoms with Crippen LogP contribution in [0.15, 0.2) is 35.5 Å². The molecule has 0 radical (unpaired) electrons. The average molecular weight is 419 g/mol. The van der Waals surface area contributed by atoms with Crippen LogP contribution in [-0.2, 0) is 25.5 Å². The topological polar surface area (TPSA) is 84.9 Å². The Kier molecular flexibility index (Phi) is 6.84. The Morgan fingerprint density at radius 1 is 1.28 bits per heavy atom. The van der Waals surface area contributed by atoms with Crippen molar-refractivity contribution in [1.29, 1.82) is 0 Å². The first-order chi connectivity index (χ1) is 14.0. The Hall–Kier alpha value is -2.48. The van der Waals surface area contributed by atoms with Crippen LogP contribution in [0.5, 0.6) is 5.75 Å². The van der Waals surface area contributed by atoms with Gasteiger partial charge in [0.25, 0.3) is 5.91 Å². The molecule has 0 spiro atoms. The largest absolute Gasteiger partial charge is 0.497 e. The van der Waals surface area contributed by atoms with E-state index in [1.165, 1.54) is 4.90 Å². The van der Waals surface area contributed by atoms with Crippen LogP contribution in [0.4, 0.5) is 0 Å². The van der Waals surface area contributed by atoms with Crippen LogP contribution in [0.3, 0.4) is 0 Å². The Balaban J connectivity index is 1.56. The molecule has 156 valence electrons. The van der Waals surface area contributed by atoms with Gasteiger partial charge in [0, 0.05) is 12.2 Å². The minimum absolute atomic E-state index is 0.180. The lowest BCUT2D eigenvalue weighted by Crippen LogP contribution is -2.70. The van der Waals surface area contributed by atoms with Crippen LogP contribution in [0.25, 0.3) is 0 Å². The highest BCUT2D eigenvalue weighted by molar-refractivity contribution is 8.00. The molecule has 2 aliphatic rings. The summed E-state index contributed by atoms with van der Waals surface area (Å²) in [6.07, 6.45) is 1.58. The second-order valence-electron chi connectivity index (χ2n) is 7.07. The number of fused-ring (bicyclic) bond motifs is 1. The average Bonchev–Trinajstić information content (AvgIpc) is 2.74. The van der Waals surface area contributed by atoms with Crippen molar-refractivity contribution in [2.45, 2.75) is 44.5 Å². The van der Waals surface area contributed by atoms with Gasteiger partial charge in [-0.05, 0) is 43.0 Å². The van der Waals surface area contributed by atoms with E-state index in [-0.39, 0.29) is 23.6 Å². The van der Waals surface area contributed by atoms with Crippen LogP contribution in [0.2, 0.25) is 0 Å². The second-order valence-corrected chi connectivity index (χ2v) is 8.17. The third kappa shape index (κ3) is 4.58. The lowest BCUT2D eigenvalue weighted by molar-refractivity contribution is -0.153. The van der Waals surface area contributed by atoms with E-state index in [1.54, 1.807) is 18.9 Å². The molecule has 2 amide bonds. The number of carbonyl (C=O) groups excluding carboxylic acids is 3. The first-order valence-electron chi connectivity index (χ1n) is 9.70. The van der Waals surface area contributed by atoms with Gasteiger partial charge in [-0.3, -0.25) is 14.5 Å². The molecule has 2 heterocycles. The van der Waals surface area contributed by atoms with E-state index >= 15 is 0 Å². The van der Waals surface area contributed by atoms with E-state index < -0.39 is 12.0 Å². The van der Waals surface area contributed by atoms with Gasteiger partial charge in [0.05, 0.1) is 13.7 Å². The first kappa shape index (κ1) is 21.2. The Morgan fingerprint density at radius 3 is 2.66 bits per heavy atom. The van der Waals surface area contributed by atoms with E-state index in [2.05, 4.69) is 5.32 Å². The molecule has 29 heavy (non-hydrogen) atoms. The Labute approximate surface area is 174 Å². The Morgan fingerprint density at radius 2 is 2.00 bits per heavy atom. The standard InChI is InChI=1S/C21H26N2O5S/c1-4-11-28-21(26)18-13(2)12-29-20-17(19(25)23(18)20)22-16(24)10-7-14-5-8-15(27-3)9-6-14/h5-6,8-9,17,20H,4,7,10-12H2,1-3H3,(H,22,24)/t17-,20-/m1/s1. The molecule has 1 aromatic rings. The van der Waals surface area contributed by atoms with Crippen molar-refractivity contribution in [3.05, 3.63) is 41.1 Å². The lowest BCUT2D eigenvalue weighted by Gasteiger charge is -2.49. The predicted octanol–water partition coefficient (Wildman–Crippen LogP) is 2.25. The number of nitrogens with one attached hydrogen (secondary N) is 1. The molecule has 0 unspecified atom stereocenters. The molecule has 0 saturated carbocycles. The normalized spacial score (nSPS) is 20.7. The third-order valence-electron chi connectivity index (χ3n) is 4.91. The highest BCUT2D eigenvalue weighted by Gasteiger charge is 2.53. The minimum atomic E-state index is -0.606. The molecule has 2 aliphatic heterocycles. The number of methoxy groups -OCH3 is 1. The molecule has 0 bridgehead atoms. The number of aryl methyl sites for hydroxylation is 1. The number of amides is 2. The van der Waals surface area contributed by atoms with Crippen molar-refractivity contribution in [3.63, 3.8) is 0 Å². The molecule has 1 saturated heterocycles. The number of ether oxygens (including phenoxy) is 2. The summed E-state index contributed by atoms with van der Waals surface area (Å²) in [5, 5.41) is 2.56. The predicted molar refractivity (Wildman–Crippen MR) is 110 cm³/mol. The van der Waals surface area contributed by atoms with Crippen LogP contribution in [0.1, 0.15) is 32.3 Å². The number of β-lactam (4-membered cyclic amide) rings is 1. The number of esters is 1. The summed E-state index contributed by atoms with van der Waals surface area (Å²) in [7, 11) is 1.61. The number of carbonyl (C=O) groups is 3. The molecule has 0 aromatic heterocycles. The summed E-state index contributed by atoms with van der Waals surface area (Å²) < 4.78 is 10.4. The maximum Gasteiger partial charge on any atom is 0.355 e. The van der Waals surface area contributed by atoms with Gasteiger partial charge in [-0.25, -0.2) is 4.79 Å². The second kappa shape index (κ2) is 9.35. The molecular formula is C21H26N2O5S. The van der Waals surface area contributed by atoms with E-state index in [9.17, 15) is 14.4 Å². The zero-order valence-electron chi connectivity index (χ0n) is 16.9. The third-order valence-corrected chi connectivity index (χ3v) is 6.33. The highest BCUT2D eigenvalue weighted by Crippen LogP contribution is 2.40. The number of rotatable bonds is 8. The fourth-order valence-corrected chi connectivity index (χ4v) is 4.61. The van der Waals surface area contributed by atoms with Crippen LogP contribution < -0.4 is 10.1 Å². The smallest absolute Gasteiger partial charge is 0.355 e. The molecular weight excluding hydrogens is 392 g/mol. The summed E-state index contributed by atoms with van der Waals surface area (Å²) in [4.78, 5) is 38.8. The summed E-state index contributed by atoms with van der Waals surface area (Å²) in [6, 6.07) is 6.94. The summed E-state index contributed by atoms with van der Waals surface area (Å²) in [5.41, 5.74) is 2.18. The maximum absolute atomic E-state index is 12.7.